The van der Waals surface area contributed by atoms with Gasteiger partial charge in [-0.2, -0.15) is 13.2 Å². The molecule has 2 rings (SSSR count). The second-order valence-electron chi connectivity index (χ2n) is 3.94. The zero-order valence-electron chi connectivity index (χ0n) is 9.81. The zero-order chi connectivity index (χ0) is 15.9. The molecule has 1 atom stereocenters. The molecule has 4 nitrogen and oxygen atoms in total. The van der Waals surface area contributed by atoms with Gasteiger partial charge < -0.3 is 0 Å². The Balaban J connectivity index is 2.55. The van der Waals surface area contributed by atoms with Gasteiger partial charge in [0, 0.05) is 0 Å². The van der Waals surface area contributed by atoms with Gasteiger partial charge >= 0.3 is 11.9 Å². The third kappa shape index (κ3) is 2.90. The van der Waals surface area contributed by atoms with Gasteiger partial charge in [-0.25, -0.2) is 4.79 Å². The number of allylic oxidation sites excluding steroid dienone is 4. The number of thiocarbonyl (C=S) groups is 1. The maximum Gasteiger partial charge on any atom is 0.417 e. The molecule has 0 aliphatic heterocycles. The fraction of sp³-hybridized carbons (Fsp3) is 0.300. The molecule has 0 radical (unpaired) electrons. The first kappa shape index (κ1) is 16.2. The molecule has 0 saturated carbocycles. The summed E-state index contributed by atoms with van der Waals surface area (Å²) in [7, 11) is 0. The van der Waals surface area contributed by atoms with Gasteiger partial charge in [0.2, 0.25) is 0 Å². The van der Waals surface area contributed by atoms with Crippen molar-refractivity contribution in [3.8, 4) is 0 Å². The first-order valence-electron chi connectivity index (χ1n) is 5.30. The lowest BCUT2D eigenvalue weighted by molar-refractivity contribution is -0.0861. The number of halogens is 6. The summed E-state index contributed by atoms with van der Waals surface area (Å²) in [6.07, 6.45) is -1.67. The summed E-state index contributed by atoms with van der Waals surface area (Å²) in [6.45, 7) is 0. The molecule has 11 heteroatoms. The van der Waals surface area contributed by atoms with Crippen LogP contribution in [-0.2, 0) is 0 Å². The second kappa shape index (κ2) is 5.54. The van der Waals surface area contributed by atoms with Crippen LogP contribution < -0.4 is 5.69 Å². The van der Waals surface area contributed by atoms with Crippen molar-refractivity contribution < 1.29 is 17.7 Å². The summed E-state index contributed by atoms with van der Waals surface area (Å²) in [5, 5.41) is 3.15. The molecular formula is C10H5Cl2F4N3OS. The van der Waals surface area contributed by atoms with Crippen molar-refractivity contribution >= 4 is 40.3 Å². The number of alkyl halides is 5. The van der Waals surface area contributed by atoms with Crippen molar-refractivity contribution in [2.75, 3.05) is 0 Å². The van der Waals surface area contributed by atoms with Gasteiger partial charge in [-0.15, -0.1) is 5.10 Å². The molecule has 0 amide bonds. The van der Waals surface area contributed by atoms with Crippen LogP contribution in [0.2, 0.25) is 0 Å². The third-order valence-corrected chi connectivity index (χ3v) is 3.52. The molecule has 1 unspecified atom stereocenters. The molecule has 0 bridgehead atoms. The molecule has 114 valence electrons. The third-order valence-electron chi connectivity index (χ3n) is 2.67. The van der Waals surface area contributed by atoms with Crippen molar-refractivity contribution in [2.45, 2.75) is 17.1 Å². The van der Waals surface area contributed by atoms with Crippen LogP contribution in [-0.4, -0.2) is 25.6 Å². The van der Waals surface area contributed by atoms with E-state index in [0.29, 0.717) is 4.57 Å². The molecule has 0 N–H and O–H groups in total. The van der Waals surface area contributed by atoms with Gasteiger partial charge in [-0.3, -0.25) is 4.57 Å². The van der Waals surface area contributed by atoms with Crippen LogP contribution >= 0.6 is 35.4 Å². The van der Waals surface area contributed by atoms with E-state index in [9.17, 15) is 22.4 Å². The fourth-order valence-corrected chi connectivity index (χ4v) is 2.47. The van der Waals surface area contributed by atoms with Gasteiger partial charge in [0.1, 0.15) is 0 Å². The van der Waals surface area contributed by atoms with Crippen LogP contribution in [0.3, 0.4) is 0 Å². The average Bonchev–Trinajstić information content (AvgIpc) is 2.65. The van der Waals surface area contributed by atoms with Crippen molar-refractivity contribution in [3.63, 3.8) is 0 Å². The maximum absolute atomic E-state index is 13.2. The molecule has 0 saturated heterocycles. The van der Waals surface area contributed by atoms with Crippen molar-refractivity contribution in [3.05, 3.63) is 40.1 Å². The maximum atomic E-state index is 13.2. The van der Waals surface area contributed by atoms with E-state index in [0.717, 1.165) is 12.2 Å². The number of hydrogen-bond acceptors (Lipinski definition) is 3. The quantitative estimate of drug-likeness (QED) is 0.461. The Labute approximate surface area is 130 Å². The van der Waals surface area contributed by atoms with Gasteiger partial charge in [0.15, 0.2) is 10.7 Å². The minimum atomic E-state index is -4.70. The van der Waals surface area contributed by atoms with Gasteiger partial charge in [-0.05, 0) is 11.0 Å². The standard InChI is InChI=1S/C10H5Cl2F4N3OS/c11-7(12)8-17-19(16)9(20)18(8)5-3-1-2-4(6(5)21)10(13,14)15/h1-3,5,7H. The van der Waals surface area contributed by atoms with Gasteiger partial charge in [-0.1, -0.05) is 52.1 Å². The molecule has 0 fully saturated rings. The number of nitrogens with zero attached hydrogens (tertiary/aromatic N) is 3. The van der Waals surface area contributed by atoms with E-state index in [1.807, 2.05) is 0 Å². The summed E-state index contributed by atoms with van der Waals surface area (Å²) in [6, 6.07) is -1.35. The van der Waals surface area contributed by atoms with Crippen LogP contribution in [0.4, 0.5) is 17.7 Å². The van der Waals surface area contributed by atoms with E-state index < -0.39 is 43.9 Å². The molecule has 1 heterocycles. The van der Waals surface area contributed by atoms with E-state index in [1.54, 1.807) is 0 Å². The predicted molar refractivity (Wildman–Crippen MR) is 72.4 cm³/mol. The SMILES string of the molecule is O=c1n(F)nc(C(Cl)Cl)n1C1C=CC=C(C(F)(F)F)C1=S. The number of hydrogen-bond donors (Lipinski definition) is 0. The Morgan fingerprint density at radius 3 is 2.52 bits per heavy atom. The first-order chi connectivity index (χ1) is 9.64. The van der Waals surface area contributed by atoms with Crippen LogP contribution in [0.1, 0.15) is 16.7 Å². The van der Waals surface area contributed by atoms with Crippen LogP contribution in [0.5, 0.6) is 0 Å². The highest BCUT2D eigenvalue weighted by Crippen LogP contribution is 2.34. The number of rotatable bonds is 2. The molecule has 1 aromatic rings. The lowest BCUT2D eigenvalue weighted by atomic mass is 9.99. The summed E-state index contributed by atoms with van der Waals surface area (Å²) in [4.78, 5) is 9.10. The Kier molecular flexibility index (Phi) is 4.27. The van der Waals surface area contributed by atoms with E-state index in [-0.39, 0.29) is 0 Å². The summed E-state index contributed by atoms with van der Waals surface area (Å²) >= 11 is 15.8. The molecular weight excluding hydrogens is 357 g/mol. The monoisotopic (exact) mass is 361 g/mol. The Hall–Kier alpha value is -1.19. The van der Waals surface area contributed by atoms with Gasteiger partial charge in [0.05, 0.1) is 16.5 Å². The van der Waals surface area contributed by atoms with E-state index in [1.165, 1.54) is 6.08 Å². The molecule has 0 spiro atoms. The van der Waals surface area contributed by atoms with E-state index in [4.69, 9.17) is 35.4 Å². The molecule has 1 aliphatic rings. The molecule has 1 aromatic heterocycles. The Bertz CT molecular complexity index is 704. The summed E-state index contributed by atoms with van der Waals surface area (Å²) < 4.78 is 52.3. The summed E-state index contributed by atoms with van der Waals surface area (Å²) in [5.41, 5.74) is -2.42. The second-order valence-corrected chi connectivity index (χ2v) is 5.48. The zero-order valence-corrected chi connectivity index (χ0v) is 12.1. The Morgan fingerprint density at radius 1 is 1.38 bits per heavy atom. The van der Waals surface area contributed by atoms with Crippen molar-refractivity contribution in [1.82, 2.24) is 14.6 Å². The lowest BCUT2D eigenvalue weighted by Crippen LogP contribution is -2.34. The predicted octanol–water partition coefficient (Wildman–Crippen LogP) is 3.22. The normalized spacial score (nSPS) is 19.3. The van der Waals surface area contributed by atoms with Crippen molar-refractivity contribution in [1.29, 1.82) is 0 Å². The van der Waals surface area contributed by atoms with Crippen LogP contribution in [0.25, 0.3) is 0 Å². The number of aromatic nitrogens is 3. The fourth-order valence-electron chi connectivity index (χ4n) is 1.80. The van der Waals surface area contributed by atoms with Gasteiger partial charge in [0.25, 0.3) is 0 Å². The van der Waals surface area contributed by atoms with E-state index >= 15 is 0 Å². The highest BCUT2D eigenvalue weighted by Gasteiger charge is 2.40. The smallest absolute Gasteiger partial charge is 0.262 e. The highest BCUT2D eigenvalue weighted by atomic mass is 35.5. The van der Waals surface area contributed by atoms with Crippen molar-refractivity contribution in [2.24, 2.45) is 0 Å². The molecule has 1 aliphatic carbocycles. The topological polar surface area (TPSA) is 39.8 Å². The molecule has 21 heavy (non-hydrogen) atoms. The highest BCUT2D eigenvalue weighted by molar-refractivity contribution is 7.81. The summed E-state index contributed by atoms with van der Waals surface area (Å²) in [5.74, 6) is -0.439. The van der Waals surface area contributed by atoms with Crippen LogP contribution in [0.15, 0.2) is 28.6 Å². The average molecular weight is 362 g/mol. The lowest BCUT2D eigenvalue weighted by Gasteiger charge is -2.23. The first-order valence-corrected chi connectivity index (χ1v) is 6.58. The largest absolute Gasteiger partial charge is 0.417 e. The van der Waals surface area contributed by atoms with E-state index in [2.05, 4.69) is 5.10 Å². The van der Waals surface area contributed by atoms with Crippen LogP contribution in [0, 0.1) is 0 Å². The molecule has 0 aromatic carbocycles. The minimum Gasteiger partial charge on any atom is -0.262 e. The Morgan fingerprint density at radius 2 is 2.00 bits per heavy atom. The minimum absolute atomic E-state index is 0.439.